The molecule has 0 radical (unpaired) electrons. The van der Waals surface area contributed by atoms with Gasteiger partial charge in [-0.2, -0.15) is 0 Å². The van der Waals surface area contributed by atoms with Crippen molar-refractivity contribution >= 4 is 11.6 Å². The van der Waals surface area contributed by atoms with E-state index in [-0.39, 0.29) is 11.6 Å². The molecule has 0 N–H and O–H groups in total. The lowest BCUT2D eigenvalue weighted by molar-refractivity contribution is -0.130. The molecule has 1 spiro atoms. The third-order valence-electron chi connectivity index (χ3n) is 4.57. The largest absolute Gasteiger partial charge is 0.316 e. The highest BCUT2D eigenvalue weighted by molar-refractivity contribution is 6.39. The molecule has 3 unspecified atom stereocenters. The number of amides is 1. The quantitative estimate of drug-likeness (QED) is 0.689. The van der Waals surface area contributed by atoms with Crippen molar-refractivity contribution < 1.29 is 4.79 Å². The molecule has 0 aromatic rings. The fourth-order valence-electron chi connectivity index (χ4n) is 3.67. The number of aliphatic imine (C=N–C) groups is 1. The number of nitrogens with zero attached hydrogens (tertiary/aromatic N) is 2. The third kappa shape index (κ3) is 1.80. The number of hydrogen-bond acceptors (Lipinski definition) is 2. The van der Waals surface area contributed by atoms with E-state index in [1.807, 2.05) is 18.9 Å². The van der Waals surface area contributed by atoms with E-state index >= 15 is 0 Å². The molecule has 0 aromatic heterocycles. The molecular weight excluding hydrogens is 212 g/mol. The van der Waals surface area contributed by atoms with E-state index in [9.17, 15) is 4.79 Å². The average Bonchev–Trinajstić information content (AvgIpc) is 2.43. The maximum atomic E-state index is 12.0. The zero-order chi connectivity index (χ0) is 12.8. The van der Waals surface area contributed by atoms with Crippen molar-refractivity contribution in [1.82, 2.24) is 4.90 Å². The summed E-state index contributed by atoms with van der Waals surface area (Å²) in [6, 6.07) is 0. The minimum absolute atomic E-state index is 0.116. The van der Waals surface area contributed by atoms with E-state index in [0.29, 0.717) is 23.5 Å². The molecule has 1 aliphatic heterocycles. The van der Waals surface area contributed by atoms with Gasteiger partial charge in [-0.1, -0.05) is 27.2 Å². The first kappa shape index (κ1) is 12.6. The molecule has 0 saturated heterocycles. The summed E-state index contributed by atoms with van der Waals surface area (Å²) < 4.78 is 0. The van der Waals surface area contributed by atoms with Crippen molar-refractivity contribution in [3.05, 3.63) is 0 Å². The van der Waals surface area contributed by atoms with Gasteiger partial charge in [0, 0.05) is 13.0 Å². The third-order valence-corrected chi connectivity index (χ3v) is 4.57. The van der Waals surface area contributed by atoms with Crippen LogP contribution in [0.2, 0.25) is 0 Å². The second kappa shape index (κ2) is 4.11. The lowest BCUT2D eigenvalue weighted by atomic mass is 9.69. The van der Waals surface area contributed by atoms with Crippen molar-refractivity contribution in [3.8, 4) is 0 Å². The van der Waals surface area contributed by atoms with Crippen LogP contribution in [0.15, 0.2) is 4.99 Å². The van der Waals surface area contributed by atoms with Gasteiger partial charge in [-0.3, -0.25) is 9.79 Å². The molecular formula is C14H24N2O. The van der Waals surface area contributed by atoms with Crippen molar-refractivity contribution in [2.75, 3.05) is 7.05 Å². The molecule has 1 aliphatic carbocycles. The Balaban J connectivity index is 2.40. The van der Waals surface area contributed by atoms with Crippen molar-refractivity contribution in [1.29, 1.82) is 0 Å². The number of rotatable bonds is 1. The van der Waals surface area contributed by atoms with Crippen LogP contribution < -0.4 is 0 Å². The molecule has 3 nitrogen and oxygen atoms in total. The first-order valence-electron chi connectivity index (χ1n) is 6.73. The monoisotopic (exact) mass is 236 g/mol. The fraction of sp³-hybridized carbons (Fsp3) is 0.857. The highest BCUT2D eigenvalue weighted by Gasteiger charge is 2.52. The standard InChI is InChI=1S/C14H24N2O/c1-9(2)12-7-6-10(3)8-14(12)15-11(4)13(17)16(14)5/h9-10,12H,6-8H2,1-5H3. The first-order chi connectivity index (χ1) is 7.88. The van der Waals surface area contributed by atoms with Crippen LogP contribution in [0.4, 0.5) is 0 Å². The van der Waals surface area contributed by atoms with Gasteiger partial charge in [0.05, 0.1) is 5.71 Å². The summed E-state index contributed by atoms with van der Waals surface area (Å²) in [5.41, 5.74) is 0.444. The SMILES string of the molecule is CC1=NC2(CC(C)CCC2C(C)C)N(C)C1=O. The highest BCUT2D eigenvalue weighted by atomic mass is 16.2. The Bertz CT molecular complexity index is 361. The highest BCUT2D eigenvalue weighted by Crippen LogP contribution is 2.47. The van der Waals surface area contributed by atoms with Gasteiger partial charge in [0.15, 0.2) is 0 Å². The Hall–Kier alpha value is -0.860. The number of carbonyl (C=O) groups is 1. The van der Waals surface area contributed by atoms with Crippen LogP contribution in [-0.2, 0) is 4.79 Å². The Morgan fingerprint density at radius 2 is 2.06 bits per heavy atom. The van der Waals surface area contributed by atoms with Gasteiger partial charge in [0.2, 0.25) is 0 Å². The van der Waals surface area contributed by atoms with E-state index in [1.165, 1.54) is 12.8 Å². The molecule has 3 atom stereocenters. The van der Waals surface area contributed by atoms with Crippen molar-refractivity contribution in [2.45, 2.75) is 52.6 Å². The first-order valence-corrected chi connectivity index (χ1v) is 6.73. The van der Waals surface area contributed by atoms with Gasteiger partial charge in [-0.25, -0.2) is 0 Å². The summed E-state index contributed by atoms with van der Waals surface area (Å²) in [7, 11) is 1.93. The van der Waals surface area contributed by atoms with Gasteiger partial charge < -0.3 is 4.90 Å². The zero-order valence-corrected chi connectivity index (χ0v) is 11.7. The molecule has 1 heterocycles. The van der Waals surface area contributed by atoms with Gasteiger partial charge >= 0.3 is 0 Å². The average molecular weight is 236 g/mol. The van der Waals surface area contributed by atoms with Crippen molar-refractivity contribution in [3.63, 3.8) is 0 Å². The second-order valence-corrected chi connectivity index (χ2v) is 6.18. The molecule has 0 aromatic carbocycles. The van der Waals surface area contributed by atoms with Crippen LogP contribution in [0.3, 0.4) is 0 Å². The lowest BCUT2D eigenvalue weighted by Crippen LogP contribution is -2.54. The van der Waals surface area contributed by atoms with Gasteiger partial charge in [0.1, 0.15) is 5.66 Å². The van der Waals surface area contributed by atoms with Crippen LogP contribution in [0, 0.1) is 17.8 Å². The summed E-state index contributed by atoms with van der Waals surface area (Å²) >= 11 is 0. The van der Waals surface area contributed by atoms with Crippen molar-refractivity contribution in [2.24, 2.45) is 22.7 Å². The van der Waals surface area contributed by atoms with Gasteiger partial charge in [0.25, 0.3) is 5.91 Å². The zero-order valence-electron chi connectivity index (χ0n) is 11.7. The van der Waals surface area contributed by atoms with E-state index < -0.39 is 0 Å². The Morgan fingerprint density at radius 1 is 1.41 bits per heavy atom. The Morgan fingerprint density at radius 3 is 2.53 bits per heavy atom. The van der Waals surface area contributed by atoms with E-state index in [0.717, 1.165) is 6.42 Å². The topological polar surface area (TPSA) is 32.7 Å². The maximum Gasteiger partial charge on any atom is 0.269 e. The summed E-state index contributed by atoms with van der Waals surface area (Å²) in [5.74, 6) is 1.86. The molecule has 2 rings (SSSR count). The van der Waals surface area contributed by atoms with E-state index in [1.54, 1.807) is 0 Å². The Kier molecular flexibility index (Phi) is 3.04. The molecule has 96 valence electrons. The molecule has 17 heavy (non-hydrogen) atoms. The second-order valence-electron chi connectivity index (χ2n) is 6.18. The molecule has 3 heteroatoms. The smallest absolute Gasteiger partial charge is 0.269 e. The fourth-order valence-corrected chi connectivity index (χ4v) is 3.67. The predicted molar refractivity (Wildman–Crippen MR) is 70.0 cm³/mol. The van der Waals surface area contributed by atoms with Crippen LogP contribution in [0.25, 0.3) is 0 Å². The molecule has 1 saturated carbocycles. The van der Waals surface area contributed by atoms with Crippen LogP contribution in [0.1, 0.15) is 47.0 Å². The molecule has 2 aliphatic rings. The van der Waals surface area contributed by atoms with E-state index in [2.05, 4.69) is 20.8 Å². The van der Waals surface area contributed by atoms with Crippen LogP contribution in [0.5, 0.6) is 0 Å². The molecule has 0 bridgehead atoms. The van der Waals surface area contributed by atoms with Gasteiger partial charge in [-0.15, -0.1) is 0 Å². The summed E-state index contributed by atoms with van der Waals surface area (Å²) in [4.78, 5) is 18.7. The predicted octanol–water partition coefficient (Wildman–Crippen LogP) is 2.71. The minimum Gasteiger partial charge on any atom is -0.316 e. The lowest BCUT2D eigenvalue weighted by Gasteiger charge is -2.47. The summed E-state index contributed by atoms with van der Waals surface area (Å²) in [5, 5.41) is 0. The normalized spacial score (nSPS) is 38.1. The summed E-state index contributed by atoms with van der Waals surface area (Å²) in [6.45, 7) is 8.64. The van der Waals surface area contributed by atoms with Crippen LogP contribution >= 0.6 is 0 Å². The molecule has 1 amide bonds. The number of carbonyl (C=O) groups excluding carboxylic acids is 1. The number of hydrogen-bond donors (Lipinski definition) is 0. The Labute approximate surface area is 104 Å². The van der Waals surface area contributed by atoms with Gasteiger partial charge in [-0.05, 0) is 31.6 Å². The van der Waals surface area contributed by atoms with E-state index in [4.69, 9.17) is 4.99 Å². The molecule has 1 fully saturated rings. The maximum absolute atomic E-state index is 12.0. The minimum atomic E-state index is -0.243. The van der Waals surface area contributed by atoms with Crippen LogP contribution in [-0.4, -0.2) is 29.2 Å². The summed E-state index contributed by atoms with van der Waals surface area (Å²) in [6.07, 6.45) is 3.48.